The predicted octanol–water partition coefficient (Wildman–Crippen LogP) is 2.67. The van der Waals surface area contributed by atoms with Crippen molar-refractivity contribution in [3.05, 3.63) is 18.7 Å². The molecule has 6 nitrogen and oxygen atoms in total. The number of nitrogens with two attached hydrogens (primary N) is 1. The van der Waals surface area contributed by atoms with E-state index >= 15 is 0 Å². The van der Waals surface area contributed by atoms with Crippen LogP contribution in [0.5, 0.6) is 5.75 Å². The highest BCUT2D eigenvalue weighted by Crippen LogP contribution is 2.32. The Hall–Kier alpha value is -2.24. The smallest absolute Gasteiger partial charge is 0.248 e. The molecule has 0 saturated heterocycles. The monoisotopic (exact) mass is 306 g/mol. The predicted molar refractivity (Wildman–Crippen MR) is 91.4 cm³/mol. The number of ether oxygens (including phenoxy) is 1. The van der Waals surface area contributed by atoms with Gasteiger partial charge in [0.05, 0.1) is 12.8 Å². The number of carbonyl (C=O) groups is 1. The van der Waals surface area contributed by atoms with Gasteiger partial charge in [-0.1, -0.05) is 27.4 Å². The maximum atomic E-state index is 11.6. The van der Waals surface area contributed by atoms with Crippen molar-refractivity contribution in [2.24, 2.45) is 5.41 Å². The SMILES string of the molecule is C=CC(=O)Nc1nc(N)c(OC)cc1N(C)CCC(C)(C)C. The number of amides is 1. The van der Waals surface area contributed by atoms with Gasteiger partial charge in [-0.05, 0) is 17.9 Å². The molecular weight excluding hydrogens is 280 g/mol. The minimum Gasteiger partial charge on any atom is -0.493 e. The van der Waals surface area contributed by atoms with Gasteiger partial charge in [0, 0.05) is 19.7 Å². The van der Waals surface area contributed by atoms with E-state index < -0.39 is 0 Å². The fraction of sp³-hybridized carbons (Fsp3) is 0.500. The summed E-state index contributed by atoms with van der Waals surface area (Å²) in [7, 11) is 3.48. The topological polar surface area (TPSA) is 80.5 Å². The van der Waals surface area contributed by atoms with Crippen LogP contribution in [0, 0.1) is 5.41 Å². The Balaban J connectivity index is 3.12. The Labute approximate surface area is 132 Å². The number of nitrogens with one attached hydrogen (secondary N) is 1. The number of carbonyl (C=O) groups excluding carboxylic acids is 1. The molecule has 0 bridgehead atoms. The molecule has 0 aromatic carbocycles. The van der Waals surface area contributed by atoms with Crippen molar-refractivity contribution in [2.75, 3.05) is 36.7 Å². The Kier molecular flexibility index (Phi) is 5.79. The zero-order chi connectivity index (χ0) is 16.9. The second-order valence-corrected chi connectivity index (χ2v) is 6.37. The van der Waals surface area contributed by atoms with Gasteiger partial charge in [0.2, 0.25) is 5.91 Å². The molecule has 0 atom stereocenters. The second kappa shape index (κ2) is 7.15. The lowest BCUT2D eigenvalue weighted by Crippen LogP contribution is -2.25. The molecule has 1 heterocycles. The van der Waals surface area contributed by atoms with Gasteiger partial charge in [0.15, 0.2) is 17.4 Å². The van der Waals surface area contributed by atoms with E-state index in [1.54, 1.807) is 6.07 Å². The van der Waals surface area contributed by atoms with Crippen molar-refractivity contribution in [3.63, 3.8) is 0 Å². The summed E-state index contributed by atoms with van der Waals surface area (Å²) in [6.07, 6.45) is 2.19. The van der Waals surface area contributed by atoms with E-state index in [2.05, 4.69) is 37.7 Å². The summed E-state index contributed by atoms with van der Waals surface area (Å²) in [5.41, 5.74) is 6.80. The number of methoxy groups -OCH3 is 1. The van der Waals surface area contributed by atoms with Crippen molar-refractivity contribution in [2.45, 2.75) is 27.2 Å². The van der Waals surface area contributed by atoms with Crippen molar-refractivity contribution < 1.29 is 9.53 Å². The largest absolute Gasteiger partial charge is 0.493 e. The first-order valence-corrected chi connectivity index (χ1v) is 7.17. The zero-order valence-electron chi connectivity index (χ0n) is 14.1. The van der Waals surface area contributed by atoms with Crippen molar-refractivity contribution >= 4 is 23.2 Å². The fourth-order valence-corrected chi connectivity index (χ4v) is 1.84. The summed E-state index contributed by atoms with van der Waals surface area (Å²) >= 11 is 0. The quantitative estimate of drug-likeness (QED) is 0.790. The third-order valence-electron chi connectivity index (χ3n) is 3.25. The highest BCUT2D eigenvalue weighted by atomic mass is 16.5. The van der Waals surface area contributed by atoms with Gasteiger partial charge in [-0.15, -0.1) is 0 Å². The Morgan fingerprint density at radius 2 is 2.18 bits per heavy atom. The molecule has 0 saturated carbocycles. The summed E-state index contributed by atoms with van der Waals surface area (Å²) in [5.74, 6) is 0.784. The number of anilines is 3. The Morgan fingerprint density at radius 1 is 1.55 bits per heavy atom. The van der Waals surface area contributed by atoms with Gasteiger partial charge in [0.25, 0.3) is 0 Å². The zero-order valence-corrected chi connectivity index (χ0v) is 14.1. The van der Waals surface area contributed by atoms with E-state index in [-0.39, 0.29) is 17.1 Å². The van der Waals surface area contributed by atoms with E-state index in [0.29, 0.717) is 11.6 Å². The van der Waals surface area contributed by atoms with Crippen LogP contribution in [-0.4, -0.2) is 31.6 Å². The molecule has 1 aromatic heterocycles. The minimum absolute atomic E-state index is 0.212. The molecule has 0 aliphatic carbocycles. The fourth-order valence-electron chi connectivity index (χ4n) is 1.84. The van der Waals surface area contributed by atoms with Crippen LogP contribution in [0.15, 0.2) is 18.7 Å². The molecular formula is C16H26N4O2. The van der Waals surface area contributed by atoms with Crippen LogP contribution in [0.4, 0.5) is 17.3 Å². The van der Waals surface area contributed by atoms with Gasteiger partial charge in [-0.2, -0.15) is 0 Å². The molecule has 0 spiro atoms. The number of nitrogens with zero attached hydrogens (tertiary/aromatic N) is 2. The highest BCUT2D eigenvalue weighted by molar-refractivity contribution is 6.00. The highest BCUT2D eigenvalue weighted by Gasteiger charge is 2.17. The summed E-state index contributed by atoms with van der Waals surface area (Å²) in [6.45, 7) is 10.8. The van der Waals surface area contributed by atoms with Gasteiger partial charge >= 0.3 is 0 Å². The normalized spacial score (nSPS) is 11.0. The van der Waals surface area contributed by atoms with E-state index in [0.717, 1.165) is 18.7 Å². The van der Waals surface area contributed by atoms with Gasteiger partial charge in [-0.25, -0.2) is 4.98 Å². The molecule has 1 rings (SSSR count). The third-order valence-corrected chi connectivity index (χ3v) is 3.25. The summed E-state index contributed by atoms with van der Waals surface area (Å²) in [5, 5.41) is 2.69. The minimum atomic E-state index is -0.331. The van der Waals surface area contributed by atoms with Crippen molar-refractivity contribution in [1.82, 2.24) is 4.98 Å². The second-order valence-electron chi connectivity index (χ2n) is 6.37. The Bertz CT molecular complexity index is 550. The Morgan fingerprint density at radius 3 is 2.68 bits per heavy atom. The maximum Gasteiger partial charge on any atom is 0.248 e. The summed E-state index contributed by atoms with van der Waals surface area (Å²) in [4.78, 5) is 17.8. The maximum absolute atomic E-state index is 11.6. The van der Waals surface area contributed by atoms with Crippen LogP contribution in [0.3, 0.4) is 0 Å². The van der Waals surface area contributed by atoms with Crippen LogP contribution < -0.4 is 20.7 Å². The molecule has 6 heteroatoms. The molecule has 122 valence electrons. The molecule has 1 amide bonds. The summed E-state index contributed by atoms with van der Waals surface area (Å²) in [6, 6.07) is 1.78. The van der Waals surface area contributed by atoms with Crippen LogP contribution >= 0.6 is 0 Å². The average Bonchev–Trinajstić information content (AvgIpc) is 2.44. The molecule has 0 fully saturated rings. The van der Waals surface area contributed by atoms with E-state index in [1.807, 2.05) is 11.9 Å². The molecule has 0 unspecified atom stereocenters. The van der Waals surface area contributed by atoms with Gasteiger partial charge in [0.1, 0.15) is 0 Å². The number of rotatable bonds is 6. The molecule has 0 aliphatic heterocycles. The standard InChI is InChI=1S/C16H26N4O2/c1-7-13(21)18-15-11(10-12(22-6)14(17)19-15)20(5)9-8-16(2,3)4/h7,10H,1,8-9H2,2-6H3,(H3,17,18,19,21). The van der Waals surface area contributed by atoms with Crippen molar-refractivity contribution in [3.8, 4) is 5.75 Å². The van der Waals surface area contributed by atoms with E-state index in [1.165, 1.54) is 13.2 Å². The number of aromatic nitrogens is 1. The lowest BCUT2D eigenvalue weighted by atomic mass is 9.92. The lowest BCUT2D eigenvalue weighted by Gasteiger charge is -2.26. The van der Waals surface area contributed by atoms with Crippen LogP contribution in [0.25, 0.3) is 0 Å². The van der Waals surface area contributed by atoms with E-state index in [9.17, 15) is 4.79 Å². The number of hydrogen-bond donors (Lipinski definition) is 2. The first kappa shape index (κ1) is 17.8. The van der Waals surface area contributed by atoms with Crippen molar-refractivity contribution in [1.29, 1.82) is 0 Å². The average molecular weight is 306 g/mol. The number of hydrogen-bond acceptors (Lipinski definition) is 5. The lowest BCUT2D eigenvalue weighted by molar-refractivity contribution is -0.111. The van der Waals surface area contributed by atoms with Crippen LogP contribution in [0.2, 0.25) is 0 Å². The van der Waals surface area contributed by atoms with Gasteiger partial charge < -0.3 is 20.7 Å². The molecule has 22 heavy (non-hydrogen) atoms. The van der Waals surface area contributed by atoms with E-state index in [4.69, 9.17) is 10.5 Å². The third kappa shape index (κ3) is 4.95. The molecule has 1 aromatic rings. The van der Waals surface area contributed by atoms with Crippen LogP contribution in [-0.2, 0) is 4.79 Å². The molecule has 0 aliphatic rings. The summed E-state index contributed by atoms with van der Waals surface area (Å²) < 4.78 is 5.22. The molecule has 3 N–H and O–H groups in total. The number of pyridine rings is 1. The van der Waals surface area contributed by atoms with Gasteiger partial charge in [-0.3, -0.25) is 4.79 Å². The first-order chi connectivity index (χ1) is 10.2. The molecule has 0 radical (unpaired) electrons. The van der Waals surface area contributed by atoms with Crippen LogP contribution in [0.1, 0.15) is 27.2 Å². The number of nitrogen functional groups attached to an aromatic ring is 1. The first-order valence-electron chi connectivity index (χ1n) is 7.17.